The standard InChI is InChI=1S/C7H13NO3/c9-7(6-8(10)11)4-2-1-3-5-7/h9H,1-6H2. The lowest BCUT2D eigenvalue weighted by molar-refractivity contribution is -0.502. The third kappa shape index (κ3) is 2.46. The van der Waals surface area contributed by atoms with Gasteiger partial charge in [0.1, 0.15) is 5.60 Å². The van der Waals surface area contributed by atoms with E-state index in [1.165, 1.54) is 0 Å². The molecule has 0 bridgehead atoms. The van der Waals surface area contributed by atoms with Gasteiger partial charge < -0.3 is 5.11 Å². The maximum absolute atomic E-state index is 10.1. The van der Waals surface area contributed by atoms with Crippen LogP contribution in [0.25, 0.3) is 0 Å². The summed E-state index contributed by atoms with van der Waals surface area (Å²) in [6.45, 7) is -0.285. The Morgan fingerprint density at radius 3 is 2.36 bits per heavy atom. The first-order valence-electron chi connectivity index (χ1n) is 3.97. The summed E-state index contributed by atoms with van der Waals surface area (Å²) in [6.07, 6.45) is 4.12. The van der Waals surface area contributed by atoms with Crippen LogP contribution in [0.3, 0.4) is 0 Å². The van der Waals surface area contributed by atoms with Crippen LogP contribution in [0.15, 0.2) is 0 Å². The molecule has 1 N–H and O–H groups in total. The maximum Gasteiger partial charge on any atom is 0.232 e. The molecule has 1 aliphatic carbocycles. The van der Waals surface area contributed by atoms with Crippen molar-refractivity contribution in [3.8, 4) is 0 Å². The Bertz CT molecular complexity index is 152. The van der Waals surface area contributed by atoms with Crippen molar-refractivity contribution in [2.45, 2.75) is 37.7 Å². The smallest absolute Gasteiger partial charge is 0.232 e. The van der Waals surface area contributed by atoms with Gasteiger partial charge in [-0.25, -0.2) is 0 Å². The number of nitrogens with zero attached hydrogens (tertiary/aromatic N) is 1. The number of hydrogen-bond acceptors (Lipinski definition) is 3. The molecule has 0 aromatic heterocycles. The monoisotopic (exact) mass is 159 g/mol. The van der Waals surface area contributed by atoms with Gasteiger partial charge in [-0.05, 0) is 12.8 Å². The minimum Gasteiger partial charge on any atom is -0.383 e. The fraction of sp³-hybridized carbons (Fsp3) is 1.00. The van der Waals surface area contributed by atoms with Crippen molar-refractivity contribution in [2.24, 2.45) is 0 Å². The lowest BCUT2D eigenvalue weighted by atomic mass is 9.85. The summed E-state index contributed by atoms with van der Waals surface area (Å²) < 4.78 is 0. The van der Waals surface area contributed by atoms with Crippen LogP contribution >= 0.6 is 0 Å². The Labute approximate surface area is 65.4 Å². The van der Waals surface area contributed by atoms with Crippen LogP contribution in [-0.2, 0) is 0 Å². The van der Waals surface area contributed by atoms with Gasteiger partial charge in [0, 0.05) is 4.92 Å². The minimum absolute atomic E-state index is 0.285. The largest absolute Gasteiger partial charge is 0.383 e. The van der Waals surface area contributed by atoms with E-state index < -0.39 is 10.5 Å². The molecule has 4 nitrogen and oxygen atoms in total. The third-order valence-electron chi connectivity index (χ3n) is 2.21. The van der Waals surface area contributed by atoms with Gasteiger partial charge in [0.15, 0.2) is 0 Å². The molecule has 0 atom stereocenters. The molecule has 1 rings (SSSR count). The van der Waals surface area contributed by atoms with E-state index >= 15 is 0 Å². The van der Waals surface area contributed by atoms with E-state index in [0.717, 1.165) is 19.3 Å². The highest BCUT2D eigenvalue weighted by atomic mass is 16.6. The van der Waals surface area contributed by atoms with Gasteiger partial charge in [-0.2, -0.15) is 0 Å². The predicted molar refractivity (Wildman–Crippen MR) is 39.9 cm³/mol. The van der Waals surface area contributed by atoms with Gasteiger partial charge in [-0.3, -0.25) is 10.1 Å². The molecular weight excluding hydrogens is 146 g/mol. The zero-order valence-corrected chi connectivity index (χ0v) is 6.45. The molecule has 1 saturated carbocycles. The molecule has 4 heteroatoms. The molecule has 11 heavy (non-hydrogen) atoms. The average molecular weight is 159 g/mol. The first kappa shape index (κ1) is 8.46. The summed E-state index contributed by atoms with van der Waals surface area (Å²) in [5, 5.41) is 19.7. The van der Waals surface area contributed by atoms with Gasteiger partial charge in [0.2, 0.25) is 6.54 Å². The van der Waals surface area contributed by atoms with E-state index in [-0.39, 0.29) is 6.54 Å². The van der Waals surface area contributed by atoms with Gasteiger partial charge in [0.05, 0.1) is 0 Å². The Morgan fingerprint density at radius 2 is 1.91 bits per heavy atom. The van der Waals surface area contributed by atoms with E-state index in [4.69, 9.17) is 0 Å². The molecule has 0 aromatic rings. The number of nitro groups is 1. The highest BCUT2D eigenvalue weighted by Gasteiger charge is 2.34. The van der Waals surface area contributed by atoms with Crippen molar-refractivity contribution in [1.82, 2.24) is 0 Å². The highest BCUT2D eigenvalue weighted by Crippen LogP contribution is 2.27. The summed E-state index contributed by atoms with van der Waals surface area (Å²) in [6, 6.07) is 0. The molecule has 0 radical (unpaired) electrons. The summed E-state index contributed by atoms with van der Waals surface area (Å²) in [7, 11) is 0. The van der Waals surface area contributed by atoms with Crippen molar-refractivity contribution < 1.29 is 10.0 Å². The molecule has 0 saturated heterocycles. The van der Waals surface area contributed by atoms with Crippen LogP contribution in [0.5, 0.6) is 0 Å². The molecule has 1 fully saturated rings. The van der Waals surface area contributed by atoms with Crippen LogP contribution < -0.4 is 0 Å². The van der Waals surface area contributed by atoms with Gasteiger partial charge in [-0.15, -0.1) is 0 Å². The predicted octanol–water partition coefficient (Wildman–Crippen LogP) is 0.958. The Morgan fingerprint density at radius 1 is 1.36 bits per heavy atom. The zero-order valence-electron chi connectivity index (χ0n) is 6.45. The van der Waals surface area contributed by atoms with Gasteiger partial charge in [-0.1, -0.05) is 19.3 Å². The Balaban J connectivity index is 2.43. The van der Waals surface area contributed by atoms with E-state index in [0.29, 0.717) is 12.8 Å². The first-order valence-corrected chi connectivity index (χ1v) is 3.97. The van der Waals surface area contributed by atoms with Gasteiger partial charge in [0.25, 0.3) is 0 Å². The fourth-order valence-electron chi connectivity index (χ4n) is 1.61. The first-order chi connectivity index (χ1) is 5.12. The van der Waals surface area contributed by atoms with Crippen molar-refractivity contribution in [3.63, 3.8) is 0 Å². The molecule has 0 heterocycles. The molecule has 1 aliphatic rings. The van der Waals surface area contributed by atoms with Crippen molar-refractivity contribution in [2.75, 3.05) is 6.54 Å². The van der Waals surface area contributed by atoms with Crippen LogP contribution in [0.2, 0.25) is 0 Å². The van der Waals surface area contributed by atoms with E-state index in [1.807, 2.05) is 0 Å². The summed E-state index contributed by atoms with van der Waals surface area (Å²) in [5.74, 6) is 0. The van der Waals surface area contributed by atoms with Crippen LogP contribution in [0.4, 0.5) is 0 Å². The lowest BCUT2D eigenvalue weighted by Gasteiger charge is -2.27. The molecule has 0 aromatic carbocycles. The SMILES string of the molecule is O=[N+]([O-])CC1(O)CCCCC1. The summed E-state index contributed by atoms with van der Waals surface area (Å²) in [5.41, 5.74) is -0.998. The summed E-state index contributed by atoms with van der Waals surface area (Å²) in [4.78, 5) is 9.69. The molecule has 0 spiro atoms. The number of aliphatic hydroxyl groups is 1. The number of hydrogen-bond donors (Lipinski definition) is 1. The van der Waals surface area contributed by atoms with Crippen LogP contribution in [0, 0.1) is 10.1 Å². The van der Waals surface area contributed by atoms with Gasteiger partial charge >= 0.3 is 0 Å². The van der Waals surface area contributed by atoms with E-state index in [1.54, 1.807) is 0 Å². The second kappa shape index (κ2) is 3.17. The Hall–Kier alpha value is -0.640. The van der Waals surface area contributed by atoms with Crippen LogP contribution in [-0.4, -0.2) is 22.2 Å². The van der Waals surface area contributed by atoms with Crippen molar-refractivity contribution >= 4 is 0 Å². The second-order valence-electron chi connectivity index (χ2n) is 3.28. The quantitative estimate of drug-likeness (QED) is 0.482. The normalized spacial score (nSPS) is 23.0. The minimum atomic E-state index is -0.998. The topological polar surface area (TPSA) is 63.4 Å². The maximum atomic E-state index is 10.1. The lowest BCUT2D eigenvalue weighted by Crippen LogP contribution is -2.38. The second-order valence-corrected chi connectivity index (χ2v) is 3.28. The zero-order chi connectivity index (χ0) is 8.32. The molecule has 0 unspecified atom stereocenters. The average Bonchev–Trinajstić information content (AvgIpc) is 1.85. The molecule has 0 amide bonds. The van der Waals surface area contributed by atoms with E-state index in [9.17, 15) is 15.2 Å². The van der Waals surface area contributed by atoms with Crippen molar-refractivity contribution in [3.05, 3.63) is 10.1 Å². The van der Waals surface area contributed by atoms with Crippen molar-refractivity contribution in [1.29, 1.82) is 0 Å². The highest BCUT2D eigenvalue weighted by molar-refractivity contribution is 4.81. The fourth-order valence-corrected chi connectivity index (χ4v) is 1.61. The molecular formula is C7H13NO3. The van der Waals surface area contributed by atoms with E-state index in [2.05, 4.69) is 0 Å². The van der Waals surface area contributed by atoms with Crippen LogP contribution in [0.1, 0.15) is 32.1 Å². The summed E-state index contributed by atoms with van der Waals surface area (Å²) >= 11 is 0. The third-order valence-corrected chi connectivity index (χ3v) is 2.21. The molecule has 64 valence electrons. The number of rotatable bonds is 2. The Kier molecular flexibility index (Phi) is 2.44. The molecule has 0 aliphatic heterocycles.